The van der Waals surface area contributed by atoms with Crippen LogP contribution in [0.3, 0.4) is 0 Å². The summed E-state index contributed by atoms with van der Waals surface area (Å²) in [5, 5.41) is 7.33. The zero-order valence-electron chi connectivity index (χ0n) is 21.5. The number of anilines is 1. The van der Waals surface area contributed by atoms with Crippen LogP contribution in [0, 0.1) is 5.82 Å². The van der Waals surface area contributed by atoms with E-state index in [9.17, 15) is 27.2 Å². The molecule has 0 unspecified atom stereocenters. The normalized spacial score (nSPS) is 16.7. The summed E-state index contributed by atoms with van der Waals surface area (Å²) in [6.07, 6.45) is 0.283. The second-order valence-electron chi connectivity index (χ2n) is 9.85. The van der Waals surface area contributed by atoms with Gasteiger partial charge >= 0.3 is 6.18 Å². The average molecular weight is 566 g/mol. The highest BCUT2D eigenvalue weighted by molar-refractivity contribution is 5.96. The van der Waals surface area contributed by atoms with Crippen molar-refractivity contribution in [3.8, 4) is 16.9 Å². The summed E-state index contributed by atoms with van der Waals surface area (Å²) in [6.45, 7) is 0.811. The fourth-order valence-electron chi connectivity index (χ4n) is 5.38. The molecule has 0 bridgehead atoms. The highest BCUT2D eigenvalue weighted by Crippen LogP contribution is 2.37. The van der Waals surface area contributed by atoms with Crippen molar-refractivity contribution in [3.05, 3.63) is 90.4 Å². The molecule has 2 aliphatic heterocycles. The maximum absolute atomic E-state index is 13.6. The molecule has 41 heavy (non-hydrogen) atoms. The van der Waals surface area contributed by atoms with E-state index in [-0.39, 0.29) is 48.8 Å². The third-order valence-electron chi connectivity index (χ3n) is 7.54. The molecule has 13 heteroatoms. The molecule has 2 amide bonds. The molecule has 0 aliphatic carbocycles. The number of carbonyl (C=O) groups is 2. The van der Waals surface area contributed by atoms with Gasteiger partial charge in [-0.05, 0) is 67.4 Å². The number of hydrogen-bond acceptors (Lipinski definition) is 6. The highest BCUT2D eigenvalue weighted by atomic mass is 19.4. The molecular formula is C28H23F4N7O2. The Morgan fingerprint density at radius 3 is 2.27 bits per heavy atom. The largest absolute Gasteiger partial charge is 0.433 e. The van der Waals surface area contributed by atoms with E-state index in [0.29, 0.717) is 29.8 Å². The first-order valence-electron chi connectivity index (χ1n) is 12.8. The van der Waals surface area contributed by atoms with Gasteiger partial charge in [0.05, 0.1) is 24.2 Å². The van der Waals surface area contributed by atoms with Crippen molar-refractivity contribution in [2.24, 2.45) is 0 Å². The number of piperidine rings is 1. The van der Waals surface area contributed by atoms with E-state index in [2.05, 4.69) is 20.4 Å². The molecule has 0 saturated carbocycles. The van der Waals surface area contributed by atoms with Gasteiger partial charge in [0.15, 0.2) is 5.69 Å². The minimum Gasteiger partial charge on any atom is -0.339 e. The standard InChI is InChI=1S/C28H23F4N7O2/c29-19-1-3-20(4-2-19)38-17-35-26(41)27(38)9-13-37(14-10-27)25(40)22-15-23(18-7-11-33-12-8-18)39(36-22)21-5-6-24(34-16-21)28(30,31)32/h1-8,11-12,15-16H,9-10,13-14,17H2,(H,35,41). The van der Waals surface area contributed by atoms with Crippen LogP contribution in [0.5, 0.6) is 0 Å². The molecule has 1 aromatic carbocycles. The first kappa shape index (κ1) is 26.4. The van der Waals surface area contributed by atoms with E-state index < -0.39 is 17.4 Å². The van der Waals surface area contributed by atoms with Crippen molar-refractivity contribution in [2.45, 2.75) is 24.6 Å². The van der Waals surface area contributed by atoms with Gasteiger partial charge in [0, 0.05) is 36.7 Å². The van der Waals surface area contributed by atoms with Gasteiger partial charge < -0.3 is 15.1 Å². The topological polar surface area (TPSA) is 96.2 Å². The molecule has 0 atom stereocenters. The number of hydrogen-bond donors (Lipinski definition) is 1. The number of alkyl halides is 3. The van der Waals surface area contributed by atoms with Crippen LogP contribution in [0.4, 0.5) is 23.2 Å². The fourth-order valence-corrected chi connectivity index (χ4v) is 5.38. The number of nitrogens with one attached hydrogen (secondary N) is 1. The number of pyridine rings is 2. The Kier molecular flexibility index (Phi) is 6.43. The summed E-state index contributed by atoms with van der Waals surface area (Å²) >= 11 is 0. The Balaban J connectivity index is 1.27. The molecule has 1 N–H and O–H groups in total. The van der Waals surface area contributed by atoms with Crippen LogP contribution in [0.1, 0.15) is 29.0 Å². The summed E-state index contributed by atoms with van der Waals surface area (Å²) in [7, 11) is 0. The molecule has 210 valence electrons. The van der Waals surface area contributed by atoms with Crippen LogP contribution in [0.25, 0.3) is 16.9 Å². The fraction of sp³-hybridized carbons (Fsp3) is 0.250. The lowest BCUT2D eigenvalue weighted by atomic mass is 9.85. The van der Waals surface area contributed by atoms with Gasteiger partial charge in [0.2, 0.25) is 5.91 Å². The summed E-state index contributed by atoms with van der Waals surface area (Å²) in [6, 6.07) is 13.0. The van der Waals surface area contributed by atoms with E-state index >= 15 is 0 Å². The van der Waals surface area contributed by atoms with Crippen molar-refractivity contribution in [1.82, 2.24) is 30.0 Å². The summed E-state index contributed by atoms with van der Waals surface area (Å²) in [5.74, 6) is -0.896. The Morgan fingerprint density at radius 2 is 1.63 bits per heavy atom. The zero-order chi connectivity index (χ0) is 28.8. The molecule has 1 spiro atoms. The number of nitrogens with zero attached hydrogens (tertiary/aromatic N) is 6. The molecule has 4 aromatic rings. The second-order valence-corrected chi connectivity index (χ2v) is 9.85. The van der Waals surface area contributed by atoms with Gasteiger partial charge in [0.25, 0.3) is 5.91 Å². The summed E-state index contributed by atoms with van der Waals surface area (Å²) in [4.78, 5) is 37.6. The molecule has 2 fully saturated rings. The summed E-state index contributed by atoms with van der Waals surface area (Å²) < 4.78 is 54.1. The molecule has 5 heterocycles. The Labute approximate surface area is 231 Å². The van der Waals surface area contributed by atoms with E-state index in [1.165, 1.54) is 22.9 Å². The third kappa shape index (κ3) is 4.77. The van der Waals surface area contributed by atoms with Crippen LogP contribution >= 0.6 is 0 Å². The van der Waals surface area contributed by atoms with Crippen LogP contribution in [-0.2, 0) is 11.0 Å². The maximum Gasteiger partial charge on any atom is 0.433 e. The van der Waals surface area contributed by atoms with Crippen molar-refractivity contribution < 1.29 is 27.2 Å². The molecular weight excluding hydrogens is 542 g/mol. The predicted octanol–water partition coefficient (Wildman–Crippen LogP) is 4.06. The van der Waals surface area contributed by atoms with Crippen molar-refractivity contribution in [3.63, 3.8) is 0 Å². The Hall–Kier alpha value is -4.81. The van der Waals surface area contributed by atoms with Crippen molar-refractivity contribution in [1.29, 1.82) is 0 Å². The molecule has 0 radical (unpaired) electrons. The van der Waals surface area contributed by atoms with E-state index in [1.807, 2.05) is 4.90 Å². The minimum absolute atomic E-state index is 0.0962. The predicted molar refractivity (Wildman–Crippen MR) is 139 cm³/mol. The molecule has 2 aliphatic rings. The van der Waals surface area contributed by atoms with Gasteiger partial charge in [-0.15, -0.1) is 0 Å². The zero-order valence-corrected chi connectivity index (χ0v) is 21.5. The third-order valence-corrected chi connectivity index (χ3v) is 7.54. The van der Waals surface area contributed by atoms with E-state index in [4.69, 9.17) is 0 Å². The maximum atomic E-state index is 13.6. The van der Waals surface area contributed by atoms with Crippen LogP contribution in [0.15, 0.2) is 73.2 Å². The smallest absolute Gasteiger partial charge is 0.339 e. The van der Waals surface area contributed by atoms with E-state index in [1.54, 1.807) is 47.6 Å². The lowest BCUT2D eigenvalue weighted by molar-refractivity contribution is -0.141. The monoisotopic (exact) mass is 565 g/mol. The second kappa shape index (κ2) is 9.98. The van der Waals surface area contributed by atoms with Gasteiger partial charge in [-0.25, -0.2) is 14.1 Å². The SMILES string of the molecule is O=C(c1cc(-c2ccncc2)n(-c2ccc(C(F)(F)F)nc2)n1)N1CCC2(CC1)C(=O)NCN2c1ccc(F)cc1. The van der Waals surface area contributed by atoms with Gasteiger partial charge in [-0.2, -0.15) is 18.3 Å². The number of aromatic nitrogens is 4. The molecule has 6 rings (SSSR count). The average Bonchev–Trinajstić information content (AvgIpc) is 3.56. The number of halogens is 4. The van der Waals surface area contributed by atoms with Crippen LogP contribution < -0.4 is 10.2 Å². The molecule has 9 nitrogen and oxygen atoms in total. The number of rotatable bonds is 4. The van der Waals surface area contributed by atoms with Crippen molar-refractivity contribution >= 4 is 17.5 Å². The highest BCUT2D eigenvalue weighted by Gasteiger charge is 2.51. The Morgan fingerprint density at radius 1 is 0.951 bits per heavy atom. The lowest BCUT2D eigenvalue weighted by Gasteiger charge is -2.43. The van der Waals surface area contributed by atoms with Gasteiger partial charge in [-0.3, -0.25) is 14.6 Å². The number of benzene rings is 1. The van der Waals surface area contributed by atoms with Crippen molar-refractivity contribution in [2.75, 3.05) is 24.7 Å². The first-order valence-corrected chi connectivity index (χ1v) is 12.8. The molecule has 2 saturated heterocycles. The first-order chi connectivity index (χ1) is 19.7. The number of amides is 2. The van der Waals surface area contributed by atoms with Gasteiger partial charge in [0.1, 0.15) is 17.1 Å². The Bertz CT molecular complexity index is 1580. The van der Waals surface area contributed by atoms with Crippen LogP contribution in [-0.4, -0.2) is 61.8 Å². The summed E-state index contributed by atoms with van der Waals surface area (Å²) in [5.41, 5.74) is 0.267. The number of likely N-dealkylation sites (tertiary alicyclic amines) is 1. The van der Waals surface area contributed by atoms with E-state index in [0.717, 1.165) is 12.3 Å². The quantitative estimate of drug-likeness (QED) is 0.375. The van der Waals surface area contributed by atoms with Crippen LogP contribution in [0.2, 0.25) is 0 Å². The molecule has 3 aromatic heterocycles. The van der Waals surface area contributed by atoms with Gasteiger partial charge in [-0.1, -0.05) is 0 Å². The lowest BCUT2D eigenvalue weighted by Crippen LogP contribution is -2.57. The minimum atomic E-state index is -4.59. The number of carbonyl (C=O) groups excluding carboxylic acids is 2.